The Kier molecular flexibility index (Phi) is 7.07. The van der Waals surface area contributed by atoms with Crippen LogP contribution in [0.3, 0.4) is 0 Å². The third kappa shape index (κ3) is 5.39. The molecule has 1 amide bonds. The first kappa shape index (κ1) is 24.1. The second-order valence-electron chi connectivity index (χ2n) is 10.2. The smallest absolute Gasteiger partial charge is 0.231 e. The van der Waals surface area contributed by atoms with Gasteiger partial charge in [-0.15, -0.1) is 0 Å². The fourth-order valence-corrected chi connectivity index (χ4v) is 5.03. The maximum absolute atomic E-state index is 13.6. The highest BCUT2D eigenvalue weighted by molar-refractivity contribution is 9.10. The Morgan fingerprint density at radius 2 is 1.85 bits per heavy atom. The van der Waals surface area contributed by atoms with Crippen LogP contribution in [0.4, 0.5) is 5.82 Å². The maximum atomic E-state index is 13.6. The van der Waals surface area contributed by atoms with Crippen molar-refractivity contribution >= 4 is 27.7 Å². The highest BCUT2D eigenvalue weighted by atomic mass is 79.9. The molecule has 1 aromatic carbocycles. The number of aromatic nitrogens is 2. The number of carbonyl (C=O) groups is 1. The molecule has 1 fully saturated rings. The van der Waals surface area contributed by atoms with E-state index < -0.39 is 6.10 Å². The molecule has 4 rings (SSSR count). The minimum absolute atomic E-state index is 0.0682. The van der Waals surface area contributed by atoms with E-state index in [0.29, 0.717) is 26.1 Å². The number of carbonyl (C=O) groups excluding carboxylic acids is 1. The number of rotatable bonds is 5. The highest BCUT2D eigenvalue weighted by Gasteiger charge is 2.35. The van der Waals surface area contributed by atoms with Gasteiger partial charge in [0.2, 0.25) is 5.91 Å². The average molecular weight is 516 g/mol. The molecular formula is C25H34BrN5O2. The molecule has 33 heavy (non-hydrogen) atoms. The van der Waals surface area contributed by atoms with Crippen LogP contribution >= 0.6 is 15.9 Å². The Bertz CT molecular complexity index is 983. The second kappa shape index (κ2) is 9.68. The van der Waals surface area contributed by atoms with E-state index >= 15 is 0 Å². The standard InChI is InChI=1S/C25H34BrN5O2/c1-16-13-20(32)22-21(16)23(28-15-27-22)30-9-11-31(12-10-30)24(33)19(14-29-25(2,3)4)17-5-7-18(26)8-6-17/h5-8,15-16,19-20,29,32H,9-14H2,1-4H3/t16-,19-,20-/m1/s1. The molecule has 2 N–H and O–H groups in total. The van der Waals surface area contributed by atoms with Gasteiger partial charge < -0.3 is 20.2 Å². The summed E-state index contributed by atoms with van der Waals surface area (Å²) in [5.74, 6) is 1.07. The van der Waals surface area contributed by atoms with E-state index in [1.165, 1.54) is 0 Å². The first-order valence-corrected chi connectivity index (χ1v) is 12.5. The molecule has 2 heterocycles. The third-order valence-corrected chi connectivity index (χ3v) is 7.11. The van der Waals surface area contributed by atoms with E-state index in [0.717, 1.165) is 40.2 Å². The van der Waals surface area contributed by atoms with Gasteiger partial charge in [0.1, 0.15) is 12.1 Å². The molecule has 1 saturated heterocycles. The van der Waals surface area contributed by atoms with E-state index in [9.17, 15) is 9.90 Å². The number of benzene rings is 1. The second-order valence-corrected chi connectivity index (χ2v) is 11.1. The van der Waals surface area contributed by atoms with E-state index in [1.807, 2.05) is 29.2 Å². The Hall–Kier alpha value is -2.03. The van der Waals surface area contributed by atoms with Crippen molar-refractivity contribution in [1.82, 2.24) is 20.2 Å². The van der Waals surface area contributed by atoms with Crippen molar-refractivity contribution in [3.63, 3.8) is 0 Å². The maximum Gasteiger partial charge on any atom is 0.231 e. The van der Waals surface area contributed by atoms with Crippen LogP contribution in [0.1, 0.15) is 68.9 Å². The van der Waals surface area contributed by atoms with Crippen LogP contribution in [0.15, 0.2) is 35.1 Å². The number of halogens is 1. The summed E-state index contributed by atoms with van der Waals surface area (Å²) in [5, 5.41) is 13.8. The number of piperazine rings is 1. The predicted molar refractivity (Wildman–Crippen MR) is 133 cm³/mol. The van der Waals surface area contributed by atoms with Gasteiger partial charge >= 0.3 is 0 Å². The van der Waals surface area contributed by atoms with E-state index in [4.69, 9.17) is 0 Å². The predicted octanol–water partition coefficient (Wildman–Crippen LogP) is 3.60. The normalized spacial score (nSPS) is 21.8. The molecule has 2 aliphatic rings. The number of aliphatic hydroxyl groups excluding tert-OH is 1. The molecule has 2 aromatic rings. The number of aliphatic hydroxyl groups is 1. The molecule has 178 valence electrons. The van der Waals surface area contributed by atoms with Gasteiger partial charge in [-0.3, -0.25) is 4.79 Å². The molecule has 8 heteroatoms. The number of hydrogen-bond acceptors (Lipinski definition) is 6. The Morgan fingerprint density at radius 3 is 2.48 bits per heavy atom. The monoisotopic (exact) mass is 515 g/mol. The summed E-state index contributed by atoms with van der Waals surface area (Å²) in [7, 11) is 0. The van der Waals surface area contributed by atoms with Crippen molar-refractivity contribution in [1.29, 1.82) is 0 Å². The van der Waals surface area contributed by atoms with Gasteiger partial charge in [-0.2, -0.15) is 0 Å². The zero-order valence-corrected chi connectivity index (χ0v) is 21.5. The first-order chi connectivity index (χ1) is 15.6. The molecule has 7 nitrogen and oxygen atoms in total. The summed E-state index contributed by atoms with van der Waals surface area (Å²) in [6.07, 6.45) is 1.73. The topological polar surface area (TPSA) is 81.6 Å². The molecule has 0 bridgehead atoms. The largest absolute Gasteiger partial charge is 0.387 e. The number of amides is 1. The van der Waals surface area contributed by atoms with Crippen molar-refractivity contribution in [2.45, 2.75) is 57.6 Å². The molecule has 0 saturated carbocycles. The van der Waals surface area contributed by atoms with Crippen molar-refractivity contribution in [2.75, 3.05) is 37.6 Å². The number of nitrogens with one attached hydrogen (secondary N) is 1. The van der Waals surface area contributed by atoms with Gasteiger partial charge in [0, 0.05) is 48.3 Å². The minimum Gasteiger partial charge on any atom is -0.387 e. The Morgan fingerprint density at radius 1 is 1.18 bits per heavy atom. The zero-order chi connectivity index (χ0) is 23.8. The van der Waals surface area contributed by atoms with Gasteiger partial charge in [0.25, 0.3) is 0 Å². The van der Waals surface area contributed by atoms with Crippen LogP contribution in [0.2, 0.25) is 0 Å². The fourth-order valence-electron chi connectivity index (χ4n) is 4.76. The third-order valence-electron chi connectivity index (χ3n) is 6.58. The lowest BCUT2D eigenvalue weighted by Crippen LogP contribution is -2.52. The summed E-state index contributed by atoms with van der Waals surface area (Å²) in [4.78, 5) is 26.7. The quantitative estimate of drug-likeness (QED) is 0.632. The van der Waals surface area contributed by atoms with E-state index in [1.54, 1.807) is 6.33 Å². The van der Waals surface area contributed by atoms with Gasteiger partial charge in [-0.25, -0.2) is 9.97 Å². The summed E-state index contributed by atoms with van der Waals surface area (Å²) in [5.41, 5.74) is 2.78. The molecule has 0 unspecified atom stereocenters. The zero-order valence-electron chi connectivity index (χ0n) is 19.9. The first-order valence-electron chi connectivity index (χ1n) is 11.7. The minimum atomic E-state index is -0.512. The Labute approximate surface area is 204 Å². The van der Waals surface area contributed by atoms with Crippen molar-refractivity contribution in [3.05, 3.63) is 51.9 Å². The van der Waals surface area contributed by atoms with Crippen LogP contribution in [0.5, 0.6) is 0 Å². The molecule has 0 spiro atoms. The SMILES string of the molecule is C[C@@H]1C[C@@H](O)c2ncnc(N3CCN(C(=O)[C@H](CNC(C)(C)C)c4ccc(Br)cc4)CC3)c21. The molecule has 1 aromatic heterocycles. The Balaban J connectivity index is 1.48. The highest BCUT2D eigenvalue weighted by Crippen LogP contribution is 2.42. The molecule has 0 radical (unpaired) electrons. The summed E-state index contributed by atoms with van der Waals surface area (Å²) < 4.78 is 1.01. The molecule has 1 aliphatic heterocycles. The summed E-state index contributed by atoms with van der Waals surface area (Å²) >= 11 is 3.49. The molecule has 1 aliphatic carbocycles. The van der Waals surface area contributed by atoms with Crippen molar-refractivity contribution < 1.29 is 9.90 Å². The van der Waals surface area contributed by atoms with Crippen molar-refractivity contribution in [3.8, 4) is 0 Å². The van der Waals surface area contributed by atoms with Crippen LogP contribution < -0.4 is 10.2 Å². The van der Waals surface area contributed by atoms with E-state index in [2.05, 4.69) is 63.8 Å². The lowest BCUT2D eigenvalue weighted by Gasteiger charge is -2.38. The molecule has 3 atom stereocenters. The number of hydrogen-bond donors (Lipinski definition) is 2. The van der Waals surface area contributed by atoms with Crippen LogP contribution in [0, 0.1) is 0 Å². The van der Waals surface area contributed by atoms with Gasteiger partial charge in [0.15, 0.2) is 0 Å². The van der Waals surface area contributed by atoms with Gasteiger partial charge in [-0.1, -0.05) is 35.0 Å². The summed E-state index contributed by atoms with van der Waals surface area (Å²) in [6, 6.07) is 8.06. The van der Waals surface area contributed by atoms with Crippen LogP contribution in [-0.2, 0) is 4.79 Å². The number of anilines is 1. The van der Waals surface area contributed by atoms with Crippen molar-refractivity contribution in [2.24, 2.45) is 0 Å². The van der Waals surface area contributed by atoms with E-state index in [-0.39, 0.29) is 23.3 Å². The van der Waals surface area contributed by atoms with Gasteiger partial charge in [0.05, 0.1) is 17.7 Å². The summed E-state index contributed by atoms with van der Waals surface area (Å²) in [6.45, 7) is 11.8. The fraction of sp³-hybridized carbons (Fsp3) is 0.560. The average Bonchev–Trinajstić information content (AvgIpc) is 3.08. The number of fused-ring (bicyclic) bond motifs is 1. The lowest BCUT2D eigenvalue weighted by atomic mass is 9.95. The van der Waals surface area contributed by atoms with Crippen LogP contribution in [-0.4, -0.2) is 64.1 Å². The number of nitrogens with zero attached hydrogens (tertiary/aromatic N) is 4. The lowest BCUT2D eigenvalue weighted by molar-refractivity contribution is -0.133. The van der Waals surface area contributed by atoms with Gasteiger partial charge in [-0.05, 0) is 50.8 Å². The molecular weight excluding hydrogens is 482 g/mol. The van der Waals surface area contributed by atoms with Crippen LogP contribution in [0.25, 0.3) is 0 Å².